The van der Waals surface area contributed by atoms with Crippen LogP contribution < -0.4 is 5.73 Å². The molecule has 1 saturated carbocycles. The minimum absolute atomic E-state index is 0.119. The molecule has 0 aromatic carbocycles. The highest BCUT2D eigenvalue weighted by molar-refractivity contribution is 5.13. The number of aromatic nitrogens is 2. The third-order valence-corrected chi connectivity index (χ3v) is 4.56. The summed E-state index contributed by atoms with van der Waals surface area (Å²) in [7, 11) is 4.19. The molecule has 0 amide bonds. The summed E-state index contributed by atoms with van der Waals surface area (Å²) in [5, 5.41) is 4.29. The van der Waals surface area contributed by atoms with E-state index in [0.717, 1.165) is 5.92 Å². The number of nitrogens with zero attached hydrogens (tertiary/aromatic N) is 3. The summed E-state index contributed by atoms with van der Waals surface area (Å²) in [4.78, 5) is 2.48. The standard InChI is InChI=1S/C15H28N4/c1-11-5-7-14(8-6-11)19(4)15(12(2)16)13-9-17-18(3)10-13/h9-12,14-15H,5-8,16H2,1-4H3. The van der Waals surface area contributed by atoms with Gasteiger partial charge >= 0.3 is 0 Å². The monoisotopic (exact) mass is 264 g/mol. The number of rotatable bonds is 4. The van der Waals surface area contributed by atoms with Gasteiger partial charge in [-0.3, -0.25) is 9.58 Å². The van der Waals surface area contributed by atoms with Gasteiger partial charge in [-0.05, 0) is 45.6 Å². The van der Waals surface area contributed by atoms with Gasteiger partial charge in [0.1, 0.15) is 0 Å². The zero-order chi connectivity index (χ0) is 14.0. The smallest absolute Gasteiger partial charge is 0.0538 e. The Kier molecular flexibility index (Phi) is 4.63. The Labute approximate surface area is 117 Å². The SMILES string of the molecule is CC1CCC(N(C)C(c2cnn(C)c2)C(C)N)CC1. The molecule has 4 heteroatoms. The molecule has 2 unspecified atom stereocenters. The Balaban J connectivity index is 2.10. The van der Waals surface area contributed by atoms with Gasteiger partial charge in [0.25, 0.3) is 0 Å². The third kappa shape index (κ3) is 3.37. The summed E-state index contributed by atoms with van der Waals surface area (Å²) in [6.07, 6.45) is 9.32. The van der Waals surface area contributed by atoms with E-state index < -0.39 is 0 Å². The lowest BCUT2D eigenvalue weighted by molar-refractivity contribution is 0.111. The summed E-state index contributed by atoms with van der Waals surface area (Å²) < 4.78 is 1.86. The van der Waals surface area contributed by atoms with E-state index in [0.29, 0.717) is 6.04 Å². The van der Waals surface area contributed by atoms with E-state index in [9.17, 15) is 0 Å². The Morgan fingerprint density at radius 3 is 2.47 bits per heavy atom. The largest absolute Gasteiger partial charge is 0.326 e. The molecule has 2 rings (SSSR count). The molecule has 0 bridgehead atoms. The lowest BCUT2D eigenvalue weighted by Crippen LogP contribution is -2.44. The highest BCUT2D eigenvalue weighted by Crippen LogP contribution is 2.32. The van der Waals surface area contributed by atoms with Gasteiger partial charge in [0.05, 0.1) is 12.2 Å². The van der Waals surface area contributed by atoms with Crippen LogP contribution in [0, 0.1) is 5.92 Å². The predicted octanol–water partition coefficient (Wildman–Crippen LogP) is 2.32. The molecule has 0 radical (unpaired) electrons. The van der Waals surface area contributed by atoms with Gasteiger partial charge in [0.15, 0.2) is 0 Å². The molecule has 0 saturated heterocycles. The van der Waals surface area contributed by atoms with Crippen molar-refractivity contribution < 1.29 is 0 Å². The Morgan fingerprint density at radius 2 is 2.00 bits per heavy atom. The molecular formula is C15H28N4. The van der Waals surface area contributed by atoms with Crippen LogP contribution in [0.15, 0.2) is 12.4 Å². The number of hydrogen-bond donors (Lipinski definition) is 1. The molecule has 1 aromatic heterocycles. The first-order chi connectivity index (χ1) is 8.99. The fourth-order valence-corrected chi connectivity index (χ4v) is 3.38. The Hall–Kier alpha value is -0.870. The third-order valence-electron chi connectivity index (χ3n) is 4.56. The van der Waals surface area contributed by atoms with Crippen LogP contribution in [0.3, 0.4) is 0 Å². The van der Waals surface area contributed by atoms with Crippen LogP contribution >= 0.6 is 0 Å². The zero-order valence-corrected chi connectivity index (χ0v) is 12.7. The molecule has 2 atom stereocenters. The van der Waals surface area contributed by atoms with E-state index in [4.69, 9.17) is 5.73 Å². The fraction of sp³-hybridized carbons (Fsp3) is 0.800. The highest BCUT2D eigenvalue weighted by atomic mass is 15.3. The van der Waals surface area contributed by atoms with Gasteiger partial charge in [-0.1, -0.05) is 6.92 Å². The van der Waals surface area contributed by atoms with Crippen molar-refractivity contribution in [2.24, 2.45) is 18.7 Å². The van der Waals surface area contributed by atoms with Gasteiger partial charge in [0, 0.05) is 30.9 Å². The second-order valence-electron chi connectivity index (χ2n) is 6.33. The van der Waals surface area contributed by atoms with Gasteiger partial charge < -0.3 is 5.73 Å². The van der Waals surface area contributed by atoms with Gasteiger partial charge in [-0.2, -0.15) is 5.10 Å². The van der Waals surface area contributed by atoms with Crippen LogP contribution in [-0.4, -0.2) is 33.8 Å². The molecule has 0 spiro atoms. The van der Waals surface area contributed by atoms with Crippen molar-refractivity contribution >= 4 is 0 Å². The molecular weight excluding hydrogens is 236 g/mol. The highest BCUT2D eigenvalue weighted by Gasteiger charge is 2.30. The van der Waals surface area contributed by atoms with E-state index in [-0.39, 0.29) is 12.1 Å². The number of hydrogen-bond acceptors (Lipinski definition) is 3. The molecule has 1 aliphatic carbocycles. The normalized spacial score (nSPS) is 27.5. The summed E-state index contributed by atoms with van der Waals surface area (Å²) in [5.41, 5.74) is 7.47. The summed E-state index contributed by atoms with van der Waals surface area (Å²) in [5.74, 6) is 0.886. The average Bonchev–Trinajstić information content (AvgIpc) is 2.76. The lowest BCUT2D eigenvalue weighted by atomic mass is 9.85. The molecule has 2 N–H and O–H groups in total. The molecule has 1 fully saturated rings. The Bertz CT molecular complexity index is 391. The second kappa shape index (κ2) is 6.06. The van der Waals surface area contributed by atoms with E-state index in [2.05, 4.69) is 37.1 Å². The van der Waals surface area contributed by atoms with Crippen molar-refractivity contribution in [3.8, 4) is 0 Å². The summed E-state index contributed by atoms with van der Waals surface area (Å²) in [6.45, 7) is 4.46. The van der Waals surface area contributed by atoms with Gasteiger partial charge in [0.2, 0.25) is 0 Å². The molecule has 4 nitrogen and oxygen atoms in total. The molecule has 108 valence electrons. The zero-order valence-electron chi connectivity index (χ0n) is 12.7. The maximum absolute atomic E-state index is 6.23. The first kappa shape index (κ1) is 14.5. The molecule has 19 heavy (non-hydrogen) atoms. The van der Waals surface area contributed by atoms with E-state index in [1.54, 1.807) is 0 Å². The predicted molar refractivity (Wildman–Crippen MR) is 78.8 cm³/mol. The van der Waals surface area contributed by atoms with Crippen molar-refractivity contribution in [3.05, 3.63) is 18.0 Å². The fourth-order valence-electron chi connectivity index (χ4n) is 3.38. The summed E-state index contributed by atoms with van der Waals surface area (Å²) >= 11 is 0. The van der Waals surface area contributed by atoms with Gasteiger partial charge in [-0.15, -0.1) is 0 Å². The minimum Gasteiger partial charge on any atom is -0.326 e. The van der Waals surface area contributed by atoms with E-state index in [1.807, 2.05) is 17.9 Å². The summed E-state index contributed by atoms with van der Waals surface area (Å²) in [6, 6.07) is 1.05. The second-order valence-corrected chi connectivity index (χ2v) is 6.33. The van der Waals surface area contributed by atoms with E-state index >= 15 is 0 Å². The molecule has 0 aliphatic heterocycles. The first-order valence-corrected chi connectivity index (χ1v) is 7.45. The quantitative estimate of drug-likeness (QED) is 0.908. The molecule has 1 heterocycles. The number of aryl methyl sites for hydroxylation is 1. The molecule has 1 aliphatic rings. The molecule has 1 aromatic rings. The van der Waals surface area contributed by atoms with Crippen LogP contribution in [0.25, 0.3) is 0 Å². The van der Waals surface area contributed by atoms with Crippen molar-refractivity contribution in [2.75, 3.05) is 7.05 Å². The van der Waals surface area contributed by atoms with Crippen LogP contribution in [0.2, 0.25) is 0 Å². The maximum Gasteiger partial charge on any atom is 0.0538 e. The van der Waals surface area contributed by atoms with Crippen molar-refractivity contribution in [1.82, 2.24) is 14.7 Å². The van der Waals surface area contributed by atoms with E-state index in [1.165, 1.54) is 31.2 Å². The topological polar surface area (TPSA) is 47.1 Å². The van der Waals surface area contributed by atoms with Crippen LogP contribution in [0.4, 0.5) is 0 Å². The Morgan fingerprint density at radius 1 is 1.37 bits per heavy atom. The van der Waals surface area contributed by atoms with Crippen LogP contribution in [-0.2, 0) is 7.05 Å². The minimum atomic E-state index is 0.119. The van der Waals surface area contributed by atoms with Gasteiger partial charge in [-0.25, -0.2) is 0 Å². The number of likely N-dealkylation sites (N-methyl/N-ethyl adjacent to an activating group) is 1. The van der Waals surface area contributed by atoms with Crippen molar-refractivity contribution in [3.63, 3.8) is 0 Å². The first-order valence-electron chi connectivity index (χ1n) is 7.45. The maximum atomic E-state index is 6.23. The lowest BCUT2D eigenvalue weighted by Gasteiger charge is -2.39. The van der Waals surface area contributed by atoms with Crippen LogP contribution in [0.1, 0.15) is 51.1 Å². The van der Waals surface area contributed by atoms with Crippen molar-refractivity contribution in [1.29, 1.82) is 0 Å². The average molecular weight is 264 g/mol. The van der Waals surface area contributed by atoms with Crippen molar-refractivity contribution in [2.45, 2.75) is 57.7 Å². The van der Waals surface area contributed by atoms with Crippen LogP contribution in [0.5, 0.6) is 0 Å². The number of nitrogens with two attached hydrogens (primary N) is 1.